The van der Waals surface area contributed by atoms with E-state index in [1.54, 1.807) is 66.9 Å². The highest BCUT2D eigenvalue weighted by Gasteiger charge is 2.20. The van der Waals surface area contributed by atoms with Crippen LogP contribution < -0.4 is 21.5 Å². The number of anilines is 2. The fourth-order valence-electron chi connectivity index (χ4n) is 2.78. The Morgan fingerprint density at radius 2 is 1.61 bits per heavy atom. The first-order valence-electron chi connectivity index (χ1n) is 9.37. The van der Waals surface area contributed by atoms with E-state index >= 15 is 0 Å². The Balaban J connectivity index is 1.63. The zero-order chi connectivity index (χ0) is 22.2. The molecule has 7 nitrogen and oxygen atoms in total. The molecule has 160 valence electrons. The van der Waals surface area contributed by atoms with E-state index in [0.717, 1.165) is 0 Å². The Bertz CT molecular complexity index is 1100. The third-order valence-corrected chi connectivity index (χ3v) is 5.21. The number of nitrogens with one attached hydrogen (secondary N) is 3. The molecule has 1 atom stereocenters. The largest absolute Gasteiger partial charge is 0.325 e. The van der Waals surface area contributed by atoms with Crippen molar-refractivity contribution in [2.45, 2.75) is 6.04 Å². The summed E-state index contributed by atoms with van der Waals surface area (Å²) in [6.45, 7) is 0. The Morgan fingerprint density at radius 1 is 0.968 bits per heavy atom. The standard InChI is InChI=1S/C22H21ClN4O3S/c1-31-14-19(26-22(30)25-17-7-5-15(23)6-8-17)21(29)24-16-9-11-18(12-10-16)27-13-3-2-4-20(27)28/h2-13,19H,14H2,1H3,(H,24,29)(H2,25,26,30)/t19-/m1/s1. The number of aromatic nitrogens is 1. The minimum atomic E-state index is -0.737. The van der Waals surface area contributed by atoms with Gasteiger partial charge in [0.2, 0.25) is 5.91 Å². The molecule has 0 saturated heterocycles. The molecule has 3 amide bonds. The molecular formula is C22H21ClN4O3S. The number of nitrogens with zero attached hydrogens (tertiary/aromatic N) is 1. The average molecular weight is 457 g/mol. The summed E-state index contributed by atoms with van der Waals surface area (Å²) < 4.78 is 1.50. The van der Waals surface area contributed by atoms with Crippen LogP contribution in [0.5, 0.6) is 0 Å². The number of carbonyl (C=O) groups is 2. The summed E-state index contributed by atoms with van der Waals surface area (Å²) in [5, 5.41) is 8.72. The van der Waals surface area contributed by atoms with Crippen molar-refractivity contribution in [1.29, 1.82) is 0 Å². The molecule has 3 aromatic rings. The number of carbonyl (C=O) groups excluding carboxylic acids is 2. The summed E-state index contributed by atoms with van der Waals surface area (Å²) >= 11 is 7.29. The molecule has 0 fully saturated rings. The summed E-state index contributed by atoms with van der Waals surface area (Å²) in [6, 6.07) is 17.2. The van der Waals surface area contributed by atoms with E-state index in [2.05, 4.69) is 16.0 Å². The van der Waals surface area contributed by atoms with Crippen LogP contribution in [0.1, 0.15) is 0 Å². The molecule has 31 heavy (non-hydrogen) atoms. The fourth-order valence-corrected chi connectivity index (χ4v) is 3.48. The molecule has 0 aliphatic carbocycles. The number of benzene rings is 2. The molecule has 0 unspecified atom stereocenters. The summed E-state index contributed by atoms with van der Waals surface area (Å²) in [5.41, 5.74) is 1.67. The van der Waals surface area contributed by atoms with Gasteiger partial charge in [0.1, 0.15) is 6.04 Å². The van der Waals surface area contributed by atoms with Crippen LogP contribution in [0, 0.1) is 0 Å². The predicted molar refractivity (Wildman–Crippen MR) is 126 cm³/mol. The first-order valence-corrected chi connectivity index (χ1v) is 11.1. The molecule has 0 aliphatic heterocycles. The molecule has 0 radical (unpaired) electrons. The summed E-state index contributed by atoms with van der Waals surface area (Å²) in [5.74, 6) is 0.0578. The Labute approximate surface area is 188 Å². The van der Waals surface area contributed by atoms with Crippen molar-refractivity contribution in [3.8, 4) is 5.69 Å². The van der Waals surface area contributed by atoms with Crippen molar-refractivity contribution in [3.63, 3.8) is 0 Å². The maximum atomic E-state index is 12.7. The number of halogens is 1. The number of rotatable bonds is 7. The number of hydrogen-bond donors (Lipinski definition) is 3. The van der Waals surface area contributed by atoms with E-state index < -0.39 is 12.1 Å². The lowest BCUT2D eigenvalue weighted by molar-refractivity contribution is -0.117. The van der Waals surface area contributed by atoms with Crippen molar-refractivity contribution < 1.29 is 9.59 Å². The van der Waals surface area contributed by atoms with Gasteiger partial charge in [-0.25, -0.2) is 4.79 Å². The van der Waals surface area contributed by atoms with Gasteiger partial charge in [-0.05, 0) is 60.9 Å². The van der Waals surface area contributed by atoms with E-state index in [0.29, 0.717) is 27.8 Å². The highest BCUT2D eigenvalue weighted by atomic mass is 35.5. The number of pyridine rings is 1. The number of hydrogen-bond acceptors (Lipinski definition) is 4. The zero-order valence-corrected chi connectivity index (χ0v) is 18.2. The lowest BCUT2D eigenvalue weighted by atomic mass is 10.2. The van der Waals surface area contributed by atoms with Gasteiger partial charge < -0.3 is 16.0 Å². The first-order chi connectivity index (χ1) is 15.0. The van der Waals surface area contributed by atoms with Gasteiger partial charge in [0.25, 0.3) is 5.56 Å². The quantitative estimate of drug-likeness (QED) is 0.501. The second-order valence-electron chi connectivity index (χ2n) is 6.56. The van der Waals surface area contributed by atoms with Gasteiger partial charge in [-0.15, -0.1) is 0 Å². The fraction of sp³-hybridized carbons (Fsp3) is 0.136. The molecule has 3 N–H and O–H groups in total. The normalized spacial score (nSPS) is 11.4. The van der Waals surface area contributed by atoms with Crippen LogP contribution in [-0.4, -0.2) is 34.6 Å². The average Bonchev–Trinajstić information content (AvgIpc) is 2.76. The molecule has 1 heterocycles. The molecule has 0 saturated carbocycles. The highest BCUT2D eigenvalue weighted by Crippen LogP contribution is 2.14. The monoisotopic (exact) mass is 456 g/mol. The first kappa shape index (κ1) is 22.5. The molecule has 2 aromatic carbocycles. The van der Waals surface area contributed by atoms with E-state index in [-0.39, 0.29) is 11.5 Å². The van der Waals surface area contributed by atoms with Gasteiger partial charge in [0, 0.05) is 40.1 Å². The number of amides is 3. The van der Waals surface area contributed by atoms with Gasteiger partial charge >= 0.3 is 6.03 Å². The van der Waals surface area contributed by atoms with Gasteiger partial charge in [0.05, 0.1) is 0 Å². The minimum absolute atomic E-state index is 0.143. The Morgan fingerprint density at radius 3 is 2.26 bits per heavy atom. The van der Waals surface area contributed by atoms with Crippen molar-refractivity contribution in [2.75, 3.05) is 22.6 Å². The van der Waals surface area contributed by atoms with Gasteiger partial charge in [-0.1, -0.05) is 17.7 Å². The van der Waals surface area contributed by atoms with Gasteiger partial charge in [-0.3, -0.25) is 14.2 Å². The van der Waals surface area contributed by atoms with Crippen LogP contribution >= 0.6 is 23.4 Å². The Kier molecular flexibility index (Phi) is 7.75. The third kappa shape index (κ3) is 6.37. The minimum Gasteiger partial charge on any atom is -0.325 e. The second-order valence-corrected chi connectivity index (χ2v) is 7.91. The molecule has 3 rings (SSSR count). The summed E-state index contributed by atoms with van der Waals surface area (Å²) in [7, 11) is 0. The van der Waals surface area contributed by atoms with E-state index in [1.165, 1.54) is 22.4 Å². The smallest absolute Gasteiger partial charge is 0.319 e. The predicted octanol–water partition coefficient (Wildman–Crippen LogP) is 3.98. The molecule has 0 aliphatic rings. The van der Waals surface area contributed by atoms with Gasteiger partial charge in [-0.2, -0.15) is 11.8 Å². The summed E-state index contributed by atoms with van der Waals surface area (Å²) in [6.07, 6.45) is 3.53. The molecule has 0 spiro atoms. The topological polar surface area (TPSA) is 92.2 Å². The lowest BCUT2D eigenvalue weighted by Crippen LogP contribution is -2.47. The van der Waals surface area contributed by atoms with Crippen molar-refractivity contribution in [2.24, 2.45) is 0 Å². The molecule has 0 bridgehead atoms. The lowest BCUT2D eigenvalue weighted by Gasteiger charge is -2.18. The van der Waals surface area contributed by atoms with Gasteiger partial charge in [0.15, 0.2) is 0 Å². The zero-order valence-electron chi connectivity index (χ0n) is 16.7. The second kappa shape index (κ2) is 10.7. The maximum absolute atomic E-state index is 12.7. The Hall–Kier alpha value is -3.23. The maximum Gasteiger partial charge on any atom is 0.319 e. The van der Waals surface area contributed by atoms with Crippen LogP contribution in [0.3, 0.4) is 0 Å². The van der Waals surface area contributed by atoms with Crippen LogP contribution in [0.15, 0.2) is 77.7 Å². The van der Waals surface area contributed by atoms with Crippen LogP contribution in [0.2, 0.25) is 5.02 Å². The van der Waals surface area contributed by atoms with E-state index in [1.807, 2.05) is 6.26 Å². The van der Waals surface area contributed by atoms with Crippen LogP contribution in [-0.2, 0) is 4.79 Å². The van der Waals surface area contributed by atoms with Crippen molar-refractivity contribution in [1.82, 2.24) is 9.88 Å². The highest BCUT2D eigenvalue weighted by molar-refractivity contribution is 7.98. The SMILES string of the molecule is CSC[C@@H](NC(=O)Nc1ccc(Cl)cc1)C(=O)Nc1ccc(-n2ccccc2=O)cc1. The van der Waals surface area contributed by atoms with Crippen molar-refractivity contribution >= 4 is 46.7 Å². The number of urea groups is 1. The van der Waals surface area contributed by atoms with Crippen molar-refractivity contribution in [3.05, 3.63) is 88.3 Å². The number of thioether (sulfide) groups is 1. The van der Waals surface area contributed by atoms with Crippen LogP contribution in [0.4, 0.5) is 16.2 Å². The van der Waals surface area contributed by atoms with Crippen LogP contribution in [0.25, 0.3) is 5.69 Å². The molecule has 1 aromatic heterocycles. The summed E-state index contributed by atoms with van der Waals surface area (Å²) in [4.78, 5) is 36.9. The third-order valence-electron chi connectivity index (χ3n) is 4.29. The molecular weight excluding hydrogens is 436 g/mol. The van der Waals surface area contributed by atoms with E-state index in [4.69, 9.17) is 11.6 Å². The van der Waals surface area contributed by atoms with E-state index in [9.17, 15) is 14.4 Å². The molecule has 9 heteroatoms.